The van der Waals surface area contributed by atoms with Crippen molar-refractivity contribution in [2.45, 2.75) is 25.4 Å². The lowest BCUT2D eigenvalue weighted by Gasteiger charge is -2.31. The number of hydrogen-bond acceptors (Lipinski definition) is 3. The lowest BCUT2D eigenvalue weighted by atomic mass is 10.0. The summed E-state index contributed by atoms with van der Waals surface area (Å²) in [5, 5.41) is 11.7. The summed E-state index contributed by atoms with van der Waals surface area (Å²) in [4.78, 5) is 28.1. The summed E-state index contributed by atoms with van der Waals surface area (Å²) in [5.41, 5.74) is 0.975. The second kappa shape index (κ2) is 7.66. The van der Waals surface area contributed by atoms with Crippen molar-refractivity contribution < 1.29 is 14.7 Å². The highest BCUT2D eigenvalue weighted by atomic mass is 16.3. The Bertz CT molecular complexity index is 761. The van der Waals surface area contributed by atoms with Gasteiger partial charge < -0.3 is 14.9 Å². The van der Waals surface area contributed by atoms with Crippen molar-refractivity contribution in [2.24, 2.45) is 0 Å². The molecule has 2 aromatic carbocycles. The molecule has 2 aromatic rings. The largest absolute Gasteiger partial charge is 0.393 e. The van der Waals surface area contributed by atoms with E-state index in [1.807, 2.05) is 42.5 Å². The normalized spacial score (nSPS) is 15.4. The van der Waals surface area contributed by atoms with Gasteiger partial charge in [-0.15, -0.1) is 0 Å². The number of rotatable bonds is 4. The van der Waals surface area contributed by atoms with Gasteiger partial charge in [0, 0.05) is 20.1 Å². The molecule has 1 N–H and O–H groups in total. The minimum Gasteiger partial charge on any atom is -0.393 e. The number of carbonyl (C=O) groups is 2. The third-order valence-corrected chi connectivity index (χ3v) is 4.84. The number of aliphatic hydroxyl groups excluding tert-OH is 1. The van der Waals surface area contributed by atoms with E-state index in [1.54, 1.807) is 11.9 Å². The minimum atomic E-state index is -0.310. The van der Waals surface area contributed by atoms with Crippen molar-refractivity contribution in [3.8, 4) is 0 Å². The van der Waals surface area contributed by atoms with Gasteiger partial charge in [-0.05, 0) is 29.2 Å². The zero-order chi connectivity index (χ0) is 17.8. The predicted molar refractivity (Wildman–Crippen MR) is 97.1 cm³/mol. The van der Waals surface area contributed by atoms with Crippen LogP contribution < -0.4 is 0 Å². The molecule has 2 amide bonds. The molecular formula is C20H24N2O3. The molecule has 1 aliphatic heterocycles. The Morgan fingerprint density at radius 1 is 1.12 bits per heavy atom. The molecule has 5 nitrogen and oxygen atoms in total. The fourth-order valence-corrected chi connectivity index (χ4v) is 3.25. The number of amides is 2. The van der Waals surface area contributed by atoms with Gasteiger partial charge in [-0.25, -0.2) is 0 Å². The van der Waals surface area contributed by atoms with E-state index >= 15 is 0 Å². The molecule has 0 bridgehead atoms. The topological polar surface area (TPSA) is 60.9 Å². The fraction of sp³-hybridized carbons (Fsp3) is 0.400. The van der Waals surface area contributed by atoms with Crippen molar-refractivity contribution in [2.75, 3.05) is 26.7 Å². The van der Waals surface area contributed by atoms with Gasteiger partial charge in [0.1, 0.15) is 0 Å². The summed E-state index contributed by atoms with van der Waals surface area (Å²) < 4.78 is 0. The van der Waals surface area contributed by atoms with E-state index in [4.69, 9.17) is 0 Å². The average molecular weight is 340 g/mol. The molecule has 0 atom stereocenters. The van der Waals surface area contributed by atoms with Crippen LogP contribution in [0.2, 0.25) is 0 Å². The maximum atomic E-state index is 12.5. The Labute approximate surface area is 147 Å². The molecule has 25 heavy (non-hydrogen) atoms. The summed E-state index contributed by atoms with van der Waals surface area (Å²) in [7, 11) is 1.67. The van der Waals surface area contributed by atoms with Crippen LogP contribution in [0.5, 0.6) is 0 Å². The molecule has 5 heteroatoms. The lowest BCUT2D eigenvalue weighted by Crippen LogP contribution is -2.45. The number of nitrogens with zero attached hydrogens (tertiary/aromatic N) is 2. The van der Waals surface area contributed by atoms with Crippen LogP contribution in [-0.2, 0) is 16.0 Å². The summed E-state index contributed by atoms with van der Waals surface area (Å²) in [6, 6.07) is 13.9. The zero-order valence-corrected chi connectivity index (χ0v) is 14.5. The van der Waals surface area contributed by atoms with Gasteiger partial charge in [-0.2, -0.15) is 0 Å². The first-order valence-corrected chi connectivity index (χ1v) is 8.71. The van der Waals surface area contributed by atoms with E-state index in [0.717, 1.165) is 16.3 Å². The summed E-state index contributed by atoms with van der Waals surface area (Å²) in [5.74, 6) is -0.123. The molecule has 132 valence electrons. The molecule has 1 heterocycles. The van der Waals surface area contributed by atoms with E-state index in [0.29, 0.717) is 25.9 Å². The summed E-state index contributed by atoms with van der Waals surface area (Å²) >= 11 is 0. The number of hydrogen-bond donors (Lipinski definition) is 1. The van der Waals surface area contributed by atoms with Gasteiger partial charge in [-0.3, -0.25) is 9.59 Å². The number of piperidine rings is 1. The van der Waals surface area contributed by atoms with Crippen LogP contribution in [0.15, 0.2) is 42.5 Å². The third-order valence-electron chi connectivity index (χ3n) is 4.84. The summed E-state index contributed by atoms with van der Waals surface area (Å²) in [6.07, 6.45) is 1.19. The third kappa shape index (κ3) is 4.17. The first-order chi connectivity index (χ1) is 12.0. The number of likely N-dealkylation sites (N-methyl/N-ethyl adjacent to an activating group) is 1. The van der Waals surface area contributed by atoms with Gasteiger partial charge in [-0.1, -0.05) is 42.5 Å². The molecular weight excluding hydrogens is 316 g/mol. The number of benzene rings is 2. The Morgan fingerprint density at radius 3 is 2.56 bits per heavy atom. The zero-order valence-electron chi connectivity index (χ0n) is 14.5. The molecule has 1 aliphatic rings. The average Bonchev–Trinajstić information content (AvgIpc) is 2.62. The Kier molecular flexibility index (Phi) is 5.34. The second-order valence-electron chi connectivity index (χ2n) is 6.68. The second-order valence-corrected chi connectivity index (χ2v) is 6.68. The van der Waals surface area contributed by atoms with Crippen molar-refractivity contribution in [3.63, 3.8) is 0 Å². The van der Waals surface area contributed by atoms with E-state index in [-0.39, 0.29) is 30.9 Å². The lowest BCUT2D eigenvalue weighted by molar-refractivity contribution is -0.140. The van der Waals surface area contributed by atoms with Crippen LogP contribution in [0, 0.1) is 0 Å². The molecule has 0 unspecified atom stereocenters. The van der Waals surface area contributed by atoms with Gasteiger partial charge in [0.2, 0.25) is 11.8 Å². The van der Waals surface area contributed by atoms with Crippen LogP contribution >= 0.6 is 0 Å². The number of aliphatic hydroxyl groups is 1. The predicted octanol–water partition coefficient (Wildman–Crippen LogP) is 1.82. The minimum absolute atomic E-state index is 0.0549. The van der Waals surface area contributed by atoms with Gasteiger partial charge in [0.25, 0.3) is 0 Å². The standard InChI is InChI=1S/C20H24N2O3/c1-21(14-20(25)22-11-9-17(23)10-12-22)19(24)13-16-7-4-6-15-5-2-3-8-18(15)16/h2-8,17,23H,9-14H2,1H3. The Balaban J connectivity index is 1.61. The summed E-state index contributed by atoms with van der Waals surface area (Å²) in [6.45, 7) is 1.20. The smallest absolute Gasteiger partial charge is 0.242 e. The van der Waals surface area contributed by atoms with Gasteiger partial charge >= 0.3 is 0 Å². The first-order valence-electron chi connectivity index (χ1n) is 8.71. The van der Waals surface area contributed by atoms with E-state index in [2.05, 4.69) is 0 Å². The van der Waals surface area contributed by atoms with Crippen molar-refractivity contribution in [1.82, 2.24) is 9.80 Å². The quantitative estimate of drug-likeness (QED) is 0.924. The van der Waals surface area contributed by atoms with E-state index in [9.17, 15) is 14.7 Å². The molecule has 0 spiro atoms. The van der Waals surface area contributed by atoms with Gasteiger partial charge in [0.15, 0.2) is 0 Å². The highest BCUT2D eigenvalue weighted by molar-refractivity contribution is 5.91. The fourth-order valence-electron chi connectivity index (χ4n) is 3.25. The molecule has 1 fully saturated rings. The van der Waals surface area contributed by atoms with E-state index in [1.165, 1.54) is 4.90 Å². The first kappa shape index (κ1) is 17.4. The van der Waals surface area contributed by atoms with Crippen LogP contribution in [0.4, 0.5) is 0 Å². The van der Waals surface area contributed by atoms with Crippen molar-refractivity contribution >= 4 is 22.6 Å². The maximum Gasteiger partial charge on any atom is 0.242 e. The maximum absolute atomic E-state index is 12.5. The Hall–Kier alpha value is -2.40. The highest BCUT2D eigenvalue weighted by Crippen LogP contribution is 2.19. The van der Waals surface area contributed by atoms with Crippen LogP contribution in [-0.4, -0.2) is 59.5 Å². The number of carbonyl (C=O) groups excluding carboxylic acids is 2. The molecule has 0 saturated carbocycles. The van der Waals surface area contributed by atoms with E-state index < -0.39 is 0 Å². The molecule has 0 radical (unpaired) electrons. The van der Waals surface area contributed by atoms with Crippen LogP contribution in [0.1, 0.15) is 18.4 Å². The monoisotopic (exact) mass is 340 g/mol. The number of likely N-dealkylation sites (tertiary alicyclic amines) is 1. The molecule has 0 aromatic heterocycles. The molecule has 1 saturated heterocycles. The van der Waals surface area contributed by atoms with Crippen molar-refractivity contribution in [1.29, 1.82) is 0 Å². The molecule has 3 rings (SSSR count). The van der Waals surface area contributed by atoms with Gasteiger partial charge in [0.05, 0.1) is 19.1 Å². The van der Waals surface area contributed by atoms with Crippen molar-refractivity contribution in [3.05, 3.63) is 48.0 Å². The molecule has 0 aliphatic carbocycles. The SMILES string of the molecule is CN(CC(=O)N1CCC(O)CC1)C(=O)Cc1cccc2ccccc12. The number of fused-ring (bicyclic) bond motifs is 1. The Morgan fingerprint density at radius 2 is 1.80 bits per heavy atom. The van der Waals surface area contributed by atoms with Crippen LogP contribution in [0.25, 0.3) is 10.8 Å². The van der Waals surface area contributed by atoms with Crippen LogP contribution in [0.3, 0.4) is 0 Å². The highest BCUT2D eigenvalue weighted by Gasteiger charge is 2.23.